The number of carbonyl (C=O) groups excluding carboxylic acids is 1. The first-order chi connectivity index (χ1) is 8.22. The van der Waals surface area contributed by atoms with E-state index in [0.29, 0.717) is 29.2 Å². The van der Waals surface area contributed by atoms with Crippen LogP contribution < -0.4 is 0 Å². The average Bonchev–Trinajstić information content (AvgIpc) is 2.90. The van der Waals surface area contributed by atoms with Gasteiger partial charge >= 0.3 is 5.97 Å². The molecule has 2 aliphatic rings. The maximum atomic E-state index is 11.9. The summed E-state index contributed by atoms with van der Waals surface area (Å²) in [6.07, 6.45) is 5.02. The summed E-state index contributed by atoms with van der Waals surface area (Å²) in [5, 5.41) is 0.570. The van der Waals surface area contributed by atoms with Crippen LogP contribution in [0.3, 0.4) is 0 Å². The van der Waals surface area contributed by atoms with E-state index in [0.717, 1.165) is 24.0 Å². The Labute approximate surface area is 105 Å². The first-order valence-corrected chi connectivity index (χ1v) is 6.45. The quantitative estimate of drug-likeness (QED) is 0.598. The van der Waals surface area contributed by atoms with Gasteiger partial charge in [0, 0.05) is 6.20 Å². The van der Waals surface area contributed by atoms with Crippen molar-refractivity contribution < 1.29 is 9.53 Å². The predicted molar refractivity (Wildman–Crippen MR) is 64.5 cm³/mol. The molecule has 1 aromatic heterocycles. The number of fused-ring (bicyclic) bond motifs is 5. The molecule has 0 radical (unpaired) electrons. The number of pyridine rings is 1. The first kappa shape index (κ1) is 11.0. The number of rotatable bonds is 2. The summed E-state index contributed by atoms with van der Waals surface area (Å²) in [6.45, 7) is 2.21. The maximum absolute atomic E-state index is 11.9. The molecule has 3 nitrogen and oxygen atoms in total. The number of hydrogen-bond acceptors (Lipinski definition) is 3. The first-order valence-electron chi connectivity index (χ1n) is 6.07. The highest BCUT2D eigenvalue weighted by atomic mass is 35.5. The Morgan fingerprint density at radius 3 is 2.88 bits per heavy atom. The summed E-state index contributed by atoms with van der Waals surface area (Å²) in [5.41, 5.74) is 2.84. The van der Waals surface area contributed by atoms with Crippen LogP contribution in [-0.4, -0.2) is 17.6 Å². The van der Waals surface area contributed by atoms with Crippen LogP contribution in [0.25, 0.3) is 0 Å². The van der Waals surface area contributed by atoms with E-state index < -0.39 is 0 Å². The lowest BCUT2D eigenvalue weighted by atomic mass is 9.90. The molecule has 1 heterocycles. The second-order valence-corrected chi connectivity index (χ2v) is 5.08. The Hall–Kier alpha value is -1.09. The third-order valence-electron chi connectivity index (χ3n) is 3.85. The molecule has 17 heavy (non-hydrogen) atoms. The zero-order valence-corrected chi connectivity index (χ0v) is 10.5. The fourth-order valence-electron chi connectivity index (χ4n) is 3.22. The van der Waals surface area contributed by atoms with E-state index in [1.807, 2.05) is 6.92 Å². The molecule has 0 aromatic carbocycles. The Morgan fingerprint density at radius 2 is 2.18 bits per heavy atom. The monoisotopic (exact) mass is 251 g/mol. The predicted octanol–water partition coefficient (Wildman–Crippen LogP) is 3.28. The standard InChI is InChI=1S/C13H14ClNO2/c1-2-17-13(16)9-6-15-12(14)11-8-4-3-7(5-8)10(9)11/h6-8H,2-5H2,1H3. The molecular formula is C13H14ClNO2. The molecule has 0 amide bonds. The van der Waals surface area contributed by atoms with Crippen molar-refractivity contribution in [3.05, 3.63) is 28.0 Å². The molecule has 2 bridgehead atoms. The van der Waals surface area contributed by atoms with Crippen LogP contribution in [0, 0.1) is 0 Å². The van der Waals surface area contributed by atoms with Gasteiger partial charge in [-0.15, -0.1) is 0 Å². The molecule has 0 spiro atoms. The third-order valence-corrected chi connectivity index (χ3v) is 4.16. The van der Waals surface area contributed by atoms with Crippen LogP contribution in [0.15, 0.2) is 6.20 Å². The van der Waals surface area contributed by atoms with E-state index in [1.165, 1.54) is 6.42 Å². The minimum atomic E-state index is -0.263. The normalized spacial score (nSPS) is 24.8. The Balaban J connectivity index is 2.11. The van der Waals surface area contributed by atoms with Gasteiger partial charge in [0.2, 0.25) is 0 Å². The molecule has 2 atom stereocenters. The fourth-order valence-corrected chi connectivity index (χ4v) is 3.53. The molecule has 0 aliphatic heterocycles. The van der Waals surface area contributed by atoms with Gasteiger partial charge in [0.15, 0.2) is 0 Å². The lowest BCUT2D eigenvalue weighted by Gasteiger charge is -2.18. The summed E-state index contributed by atoms with van der Waals surface area (Å²) in [7, 11) is 0. The molecule has 1 aromatic rings. The van der Waals surface area contributed by atoms with Gasteiger partial charge in [0.1, 0.15) is 5.15 Å². The van der Waals surface area contributed by atoms with Crippen molar-refractivity contribution in [1.29, 1.82) is 0 Å². The van der Waals surface area contributed by atoms with Gasteiger partial charge in [-0.1, -0.05) is 11.6 Å². The molecule has 90 valence electrons. The van der Waals surface area contributed by atoms with E-state index in [1.54, 1.807) is 6.20 Å². The van der Waals surface area contributed by atoms with Crippen LogP contribution in [0.2, 0.25) is 5.15 Å². The smallest absolute Gasteiger partial charge is 0.339 e. The number of aromatic nitrogens is 1. The lowest BCUT2D eigenvalue weighted by Crippen LogP contribution is -2.12. The summed E-state index contributed by atoms with van der Waals surface area (Å²) < 4.78 is 5.08. The summed E-state index contributed by atoms with van der Waals surface area (Å²) in [6, 6.07) is 0. The highest BCUT2D eigenvalue weighted by molar-refractivity contribution is 6.30. The number of hydrogen-bond donors (Lipinski definition) is 0. The van der Waals surface area contributed by atoms with Gasteiger partial charge in [-0.3, -0.25) is 0 Å². The van der Waals surface area contributed by atoms with Crippen molar-refractivity contribution in [3.63, 3.8) is 0 Å². The van der Waals surface area contributed by atoms with Crippen LogP contribution in [0.1, 0.15) is 59.5 Å². The highest BCUT2D eigenvalue weighted by Crippen LogP contribution is 2.55. The van der Waals surface area contributed by atoms with Crippen molar-refractivity contribution >= 4 is 17.6 Å². The number of esters is 1. The zero-order chi connectivity index (χ0) is 12.0. The van der Waals surface area contributed by atoms with E-state index in [4.69, 9.17) is 16.3 Å². The number of halogens is 1. The Kier molecular flexibility index (Phi) is 2.58. The summed E-state index contributed by atoms with van der Waals surface area (Å²) in [5.74, 6) is 0.722. The Bertz CT molecular complexity index is 487. The highest BCUT2D eigenvalue weighted by Gasteiger charge is 2.41. The van der Waals surface area contributed by atoms with Crippen molar-refractivity contribution in [2.24, 2.45) is 0 Å². The molecule has 2 aliphatic carbocycles. The van der Waals surface area contributed by atoms with Crippen molar-refractivity contribution in [1.82, 2.24) is 4.98 Å². The van der Waals surface area contributed by atoms with Gasteiger partial charge < -0.3 is 4.74 Å². The van der Waals surface area contributed by atoms with Crippen LogP contribution in [0.4, 0.5) is 0 Å². The minimum Gasteiger partial charge on any atom is -0.462 e. The SMILES string of the molecule is CCOC(=O)c1cnc(Cl)c2c1C1CCC2C1. The number of ether oxygens (including phenoxy) is 1. The molecule has 4 heteroatoms. The Morgan fingerprint density at radius 1 is 1.47 bits per heavy atom. The van der Waals surface area contributed by atoms with Gasteiger partial charge in [0.05, 0.1) is 12.2 Å². The van der Waals surface area contributed by atoms with Gasteiger partial charge in [-0.2, -0.15) is 0 Å². The van der Waals surface area contributed by atoms with Gasteiger partial charge in [-0.25, -0.2) is 9.78 Å². The summed E-state index contributed by atoms with van der Waals surface area (Å²) in [4.78, 5) is 16.0. The zero-order valence-electron chi connectivity index (χ0n) is 9.70. The van der Waals surface area contributed by atoms with Crippen molar-refractivity contribution in [3.8, 4) is 0 Å². The van der Waals surface area contributed by atoms with E-state index >= 15 is 0 Å². The summed E-state index contributed by atoms with van der Waals surface area (Å²) >= 11 is 6.15. The largest absolute Gasteiger partial charge is 0.462 e. The fraction of sp³-hybridized carbons (Fsp3) is 0.538. The lowest BCUT2D eigenvalue weighted by molar-refractivity contribution is 0.0524. The molecule has 1 fully saturated rings. The van der Waals surface area contributed by atoms with Gasteiger partial charge in [0.25, 0.3) is 0 Å². The van der Waals surface area contributed by atoms with E-state index in [2.05, 4.69) is 4.98 Å². The molecule has 2 unspecified atom stereocenters. The van der Waals surface area contributed by atoms with E-state index in [-0.39, 0.29) is 5.97 Å². The number of carbonyl (C=O) groups is 1. The molecule has 0 saturated heterocycles. The molecular weight excluding hydrogens is 238 g/mol. The third kappa shape index (κ3) is 1.56. The second kappa shape index (κ2) is 3.98. The van der Waals surface area contributed by atoms with Gasteiger partial charge in [-0.05, 0) is 49.1 Å². The van der Waals surface area contributed by atoms with Crippen LogP contribution in [-0.2, 0) is 4.74 Å². The maximum Gasteiger partial charge on any atom is 0.339 e. The molecule has 0 N–H and O–H groups in total. The number of nitrogens with zero attached hydrogens (tertiary/aromatic N) is 1. The molecule has 3 rings (SSSR count). The second-order valence-electron chi connectivity index (χ2n) is 4.72. The van der Waals surface area contributed by atoms with E-state index in [9.17, 15) is 4.79 Å². The van der Waals surface area contributed by atoms with Crippen molar-refractivity contribution in [2.45, 2.75) is 38.0 Å². The average molecular weight is 252 g/mol. The topological polar surface area (TPSA) is 39.2 Å². The minimum absolute atomic E-state index is 0.263. The van der Waals surface area contributed by atoms with Crippen LogP contribution >= 0.6 is 11.6 Å². The van der Waals surface area contributed by atoms with Crippen LogP contribution in [0.5, 0.6) is 0 Å². The van der Waals surface area contributed by atoms with Crippen molar-refractivity contribution in [2.75, 3.05) is 6.61 Å². The molecule has 1 saturated carbocycles.